The lowest BCUT2D eigenvalue weighted by molar-refractivity contribution is -0.149. The SMILES string of the molecule is CC(C)C(NC(=O)CN1C[C@@H]2CCC[C@@]2(C(=O)O)C1)c1ccccc1. The van der Waals surface area contributed by atoms with Crippen molar-refractivity contribution in [2.24, 2.45) is 17.3 Å². The summed E-state index contributed by atoms with van der Waals surface area (Å²) in [6.07, 6.45) is 2.69. The van der Waals surface area contributed by atoms with Gasteiger partial charge in [0, 0.05) is 13.1 Å². The average molecular weight is 344 g/mol. The molecule has 1 aliphatic carbocycles. The van der Waals surface area contributed by atoms with E-state index in [1.165, 1.54) is 0 Å². The quantitative estimate of drug-likeness (QED) is 0.832. The van der Waals surface area contributed by atoms with Crippen LogP contribution in [-0.2, 0) is 9.59 Å². The second-order valence-corrected chi connectivity index (χ2v) is 7.92. The fourth-order valence-electron chi connectivity index (χ4n) is 4.58. The van der Waals surface area contributed by atoms with Crippen LogP contribution in [0.15, 0.2) is 30.3 Å². The zero-order chi connectivity index (χ0) is 18.0. The second-order valence-electron chi connectivity index (χ2n) is 7.92. The second kappa shape index (κ2) is 7.16. The van der Waals surface area contributed by atoms with Gasteiger partial charge in [0.05, 0.1) is 18.0 Å². The number of carbonyl (C=O) groups is 2. The van der Waals surface area contributed by atoms with Gasteiger partial charge in [0.15, 0.2) is 0 Å². The van der Waals surface area contributed by atoms with Gasteiger partial charge in [0.1, 0.15) is 0 Å². The highest BCUT2D eigenvalue weighted by Crippen LogP contribution is 2.48. The Morgan fingerprint density at radius 2 is 2.04 bits per heavy atom. The zero-order valence-corrected chi connectivity index (χ0v) is 15.1. The van der Waals surface area contributed by atoms with Crippen LogP contribution < -0.4 is 5.32 Å². The zero-order valence-electron chi connectivity index (χ0n) is 15.1. The molecule has 2 fully saturated rings. The van der Waals surface area contributed by atoms with E-state index in [2.05, 4.69) is 19.2 Å². The molecule has 2 N–H and O–H groups in total. The number of nitrogens with zero attached hydrogens (tertiary/aromatic N) is 1. The molecule has 0 aromatic heterocycles. The first-order chi connectivity index (χ1) is 11.9. The molecule has 1 aromatic rings. The summed E-state index contributed by atoms with van der Waals surface area (Å²) < 4.78 is 0. The molecule has 0 spiro atoms. The number of hydrogen-bond donors (Lipinski definition) is 2. The van der Waals surface area contributed by atoms with E-state index in [0.717, 1.165) is 31.4 Å². The molecule has 0 bridgehead atoms. The van der Waals surface area contributed by atoms with Crippen molar-refractivity contribution in [1.82, 2.24) is 10.2 Å². The van der Waals surface area contributed by atoms with Crippen LogP contribution in [0.4, 0.5) is 0 Å². The fourth-order valence-corrected chi connectivity index (χ4v) is 4.58. The maximum absolute atomic E-state index is 12.6. The Bertz CT molecular complexity index is 631. The molecule has 3 rings (SSSR count). The van der Waals surface area contributed by atoms with E-state index >= 15 is 0 Å². The number of carboxylic acid groups (broad SMARTS) is 1. The number of rotatable bonds is 6. The minimum absolute atomic E-state index is 0.0239. The van der Waals surface area contributed by atoms with Crippen molar-refractivity contribution >= 4 is 11.9 Å². The largest absolute Gasteiger partial charge is 0.481 e. The Kier molecular flexibility index (Phi) is 5.13. The molecule has 0 radical (unpaired) electrons. The fraction of sp³-hybridized carbons (Fsp3) is 0.600. The average Bonchev–Trinajstić information content (AvgIpc) is 3.11. The summed E-state index contributed by atoms with van der Waals surface area (Å²) in [4.78, 5) is 26.4. The minimum atomic E-state index is -0.692. The lowest BCUT2D eigenvalue weighted by Gasteiger charge is -2.25. The third-order valence-electron chi connectivity index (χ3n) is 5.88. The minimum Gasteiger partial charge on any atom is -0.481 e. The summed E-state index contributed by atoms with van der Waals surface area (Å²) in [5, 5.41) is 12.8. The first-order valence-corrected chi connectivity index (χ1v) is 9.22. The van der Waals surface area contributed by atoms with Crippen molar-refractivity contribution < 1.29 is 14.7 Å². The smallest absolute Gasteiger partial charge is 0.311 e. The Morgan fingerprint density at radius 1 is 1.32 bits per heavy atom. The molecule has 1 saturated carbocycles. The van der Waals surface area contributed by atoms with E-state index in [1.807, 2.05) is 35.2 Å². The van der Waals surface area contributed by atoms with Crippen LogP contribution in [0.2, 0.25) is 0 Å². The third kappa shape index (κ3) is 3.56. The van der Waals surface area contributed by atoms with Gasteiger partial charge in [-0.15, -0.1) is 0 Å². The number of fused-ring (bicyclic) bond motifs is 1. The predicted octanol–water partition coefficient (Wildman–Crippen LogP) is 2.69. The molecule has 5 heteroatoms. The first kappa shape index (κ1) is 17.9. The van der Waals surface area contributed by atoms with Crippen molar-refractivity contribution in [1.29, 1.82) is 0 Å². The highest BCUT2D eigenvalue weighted by Gasteiger charge is 2.54. The molecule has 1 amide bonds. The predicted molar refractivity (Wildman–Crippen MR) is 96.0 cm³/mol. The van der Waals surface area contributed by atoms with Crippen LogP contribution in [0.25, 0.3) is 0 Å². The number of likely N-dealkylation sites (tertiary alicyclic amines) is 1. The maximum atomic E-state index is 12.6. The summed E-state index contributed by atoms with van der Waals surface area (Å²) in [5.41, 5.74) is 0.475. The van der Waals surface area contributed by atoms with Gasteiger partial charge in [0.2, 0.25) is 5.91 Å². The van der Waals surface area contributed by atoms with Gasteiger partial charge in [-0.2, -0.15) is 0 Å². The van der Waals surface area contributed by atoms with E-state index in [1.54, 1.807) is 0 Å². The summed E-state index contributed by atoms with van der Waals surface area (Å²) in [6.45, 7) is 5.69. The number of nitrogens with one attached hydrogen (secondary N) is 1. The monoisotopic (exact) mass is 344 g/mol. The lowest BCUT2D eigenvalue weighted by atomic mass is 9.81. The molecule has 2 aliphatic rings. The van der Waals surface area contributed by atoms with Crippen LogP contribution >= 0.6 is 0 Å². The maximum Gasteiger partial charge on any atom is 0.311 e. The van der Waals surface area contributed by atoms with Gasteiger partial charge < -0.3 is 10.4 Å². The van der Waals surface area contributed by atoms with E-state index < -0.39 is 11.4 Å². The molecule has 3 atom stereocenters. The van der Waals surface area contributed by atoms with E-state index in [9.17, 15) is 14.7 Å². The summed E-state index contributed by atoms with van der Waals surface area (Å²) in [7, 11) is 0. The molecule has 1 saturated heterocycles. The lowest BCUT2D eigenvalue weighted by Crippen LogP contribution is -2.41. The van der Waals surface area contributed by atoms with E-state index in [-0.39, 0.29) is 30.3 Å². The standard InChI is InChI=1S/C20H28N2O3/c1-14(2)18(15-7-4-3-5-8-15)21-17(23)12-22-11-16-9-6-10-20(16,13-22)19(24)25/h3-5,7-8,14,16,18H,6,9-13H2,1-2H3,(H,21,23)(H,24,25)/t16-,18?,20+/m0/s1. The van der Waals surface area contributed by atoms with E-state index in [4.69, 9.17) is 0 Å². The van der Waals surface area contributed by atoms with Crippen molar-refractivity contribution in [2.45, 2.75) is 39.2 Å². The molecule has 1 unspecified atom stereocenters. The van der Waals surface area contributed by atoms with Gasteiger partial charge in [-0.3, -0.25) is 14.5 Å². The molecule has 1 aromatic carbocycles. The molecule has 1 heterocycles. The normalized spacial score (nSPS) is 27.2. The van der Waals surface area contributed by atoms with Crippen LogP contribution in [0.3, 0.4) is 0 Å². The van der Waals surface area contributed by atoms with Gasteiger partial charge >= 0.3 is 5.97 Å². The van der Waals surface area contributed by atoms with Gasteiger partial charge in [0.25, 0.3) is 0 Å². The number of aliphatic carboxylic acids is 1. The Balaban J connectivity index is 1.62. The van der Waals surface area contributed by atoms with Crippen LogP contribution in [-0.4, -0.2) is 41.5 Å². The van der Waals surface area contributed by atoms with Gasteiger partial charge in [-0.25, -0.2) is 0 Å². The summed E-state index contributed by atoms with van der Waals surface area (Å²) in [5.74, 6) is -0.243. The summed E-state index contributed by atoms with van der Waals surface area (Å²) in [6, 6.07) is 9.97. The Hall–Kier alpha value is -1.88. The van der Waals surface area contributed by atoms with E-state index in [0.29, 0.717) is 6.54 Å². The highest BCUT2D eigenvalue weighted by atomic mass is 16.4. The molecular formula is C20H28N2O3. The number of carbonyl (C=O) groups excluding carboxylic acids is 1. The van der Waals surface area contributed by atoms with Crippen molar-refractivity contribution in [3.05, 3.63) is 35.9 Å². The third-order valence-corrected chi connectivity index (χ3v) is 5.88. The van der Waals surface area contributed by atoms with Gasteiger partial charge in [-0.05, 0) is 30.2 Å². The molecule has 25 heavy (non-hydrogen) atoms. The van der Waals surface area contributed by atoms with Crippen LogP contribution in [0.5, 0.6) is 0 Å². The molecule has 5 nitrogen and oxygen atoms in total. The van der Waals surface area contributed by atoms with Gasteiger partial charge in [-0.1, -0.05) is 50.6 Å². The number of hydrogen-bond acceptors (Lipinski definition) is 3. The number of carboxylic acids is 1. The van der Waals surface area contributed by atoms with Crippen LogP contribution in [0.1, 0.15) is 44.7 Å². The molecular weight excluding hydrogens is 316 g/mol. The number of amides is 1. The Labute approximate surface area is 149 Å². The topological polar surface area (TPSA) is 69.6 Å². The van der Waals surface area contributed by atoms with Crippen molar-refractivity contribution in [3.8, 4) is 0 Å². The van der Waals surface area contributed by atoms with Crippen molar-refractivity contribution in [2.75, 3.05) is 19.6 Å². The molecule has 1 aliphatic heterocycles. The highest BCUT2D eigenvalue weighted by molar-refractivity contribution is 5.80. The Morgan fingerprint density at radius 3 is 2.64 bits per heavy atom. The molecule has 136 valence electrons. The van der Waals surface area contributed by atoms with Crippen molar-refractivity contribution in [3.63, 3.8) is 0 Å². The van der Waals surface area contributed by atoms with Crippen LogP contribution in [0, 0.1) is 17.3 Å². The summed E-state index contributed by atoms with van der Waals surface area (Å²) >= 11 is 0. The number of benzene rings is 1. The first-order valence-electron chi connectivity index (χ1n) is 9.22.